The number of likely N-dealkylation sites (tertiary alicyclic amines) is 1. The number of rotatable bonds is 21. The topological polar surface area (TPSA) is 156 Å². The van der Waals surface area contributed by atoms with Gasteiger partial charge in [-0.1, -0.05) is 85.2 Å². The summed E-state index contributed by atoms with van der Waals surface area (Å²) in [6.45, 7) is 17.3. The SMILES string of the molecule is CCC(C)[C@@H]([C@@H](CC(=O)N1C[C@H](OC)C[C@@]1(C)[C@H](OC)[C@@H](C)C(=O)N[C@H](C)C(=O)c1ccccc1)OC)N(C)C(=O)[C@@H](NC(=O)[C@@H](NC)C(C)C)C(C)C. The molecular weight excluding hydrogens is 690 g/mol. The van der Waals surface area contributed by atoms with E-state index in [0.717, 1.165) is 0 Å². The van der Waals surface area contributed by atoms with Gasteiger partial charge in [0.25, 0.3) is 0 Å². The quantitative estimate of drug-likeness (QED) is 0.159. The number of ketones is 1. The van der Waals surface area contributed by atoms with Crippen molar-refractivity contribution in [3.05, 3.63) is 35.9 Å². The normalized spacial score (nSPS) is 21.8. The molecule has 1 heterocycles. The fourth-order valence-electron chi connectivity index (χ4n) is 8.01. The fraction of sp³-hybridized carbons (Fsp3) is 0.732. The van der Waals surface area contributed by atoms with Gasteiger partial charge in [0.05, 0.1) is 54.3 Å². The van der Waals surface area contributed by atoms with Gasteiger partial charge < -0.3 is 40.0 Å². The minimum atomic E-state index is -0.963. The molecule has 0 radical (unpaired) electrons. The second-order valence-electron chi connectivity index (χ2n) is 15.9. The fourth-order valence-corrected chi connectivity index (χ4v) is 8.01. The third-order valence-electron chi connectivity index (χ3n) is 11.4. The third-order valence-corrected chi connectivity index (χ3v) is 11.4. The van der Waals surface area contributed by atoms with E-state index >= 15 is 0 Å². The summed E-state index contributed by atoms with van der Waals surface area (Å²) in [7, 11) is 8.08. The van der Waals surface area contributed by atoms with E-state index in [1.54, 1.807) is 69.1 Å². The molecule has 1 aromatic rings. The largest absolute Gasteiger partial charge is 0.380 e. The molecule has 1 aromatic carbocycles. The molecule has 0 spiro atoms. The highest BCUT2D eigenvalue weighted by atomic mass is 16.5. The summed E-state index contributed by atoms with van der Waals surface area (Å²) >= 11 is 0. The number of hydrogen-bond donors (Lipinski definition) is 3. The monoisotopic (exact) mass is 760 g/mol. The second kappa shape index (κ2) is 21.1. The maximum absolute atomic E-state index is 14.5. The molecule has 10 atom stereocenters. The first-order chi connectivity index (χ1) is 25.3. The van der Waals surface area contributed by atoms with Crippen LogP contribution in [0.25, 0.3) is 0 Å². The van der Waals surface area contributed by atoms with E-state index in [2.05, 4.69) is 16.0 Å². The van der Waals surface area contributed by atoms with Crippen molar-refractivity contribution >= 4 is 29.4 Å². The number of benzene rings is 1. The zero-order chi connectivity index (χ0) is 41.1. The zero-order valence-corrected chi connectivity index (χ0v) is 35.2. The van der Waals surface area contributed by atoms with Crippen LogP contribution >= 0.6 is 0 Å². The van der Waals surface area contributed by atoms with Gasteiger partial charge in [0, 0.05) is 46.9 Å². The molecule has 1 saturated heterocycles. The highest BCUT2D eigenvalue weighted by molar-refractivity contribution is 6.01. The number of methoxy groups -OCH3 is 3. The van der Waals surface area contributed by atoms with Crippen LogP contribution in [-0.4, -0.2) is 129 Å². The number of nitrogens with one attached hydrogen (secondary N) is 3. The highest BCUT2D eigenvalue weighted by Crippen LogP contribution is 2.39. The van der Waals surface area contributed by atoms with Crippen LogP contribution in [0.1, 0.15) is 91.9 Å². The molecule has 1 fully saturated rings. The lowest BCUT2D eigenvalue weighted by Gasteiger charge is -2.44. The summed E-state index contributed by atoms with van der Waals surface area (Å²) in [6.07, 6.45) is -0.691. The third kappa shape index (κ3) is 11.1. The molecule has 13 nitrogen and oxygen atoms in total. The predicted molar refractivity (Wildman–Crippen MR) is 210 cm³/mol. The lowest BCUT2D eigenvalue weighted by molar-refractivity contribution is -0.152. The molecule has 1 unspecified atom stereocenters. The van der Waals surface area contributed by atoms with Gasteiger partial charge in [-0.25, -0.2) is 0 Å². The summed E-state index contributed by atoms with van der Waals surface area (Å²) < 4.78 is 17.8. The van der Waals surface area contributed by atoms with E-state index in [-0.39, 0.29) is 66.2 Å². The van der Waals surface area contributed by atoms with Crippen LogP contribution in [0.5, 0.6) is 0 Å². The number of amides is 4. The summed E-state index contributed by atoms with van der Waals surface area (Å²) in [5.41, 5.74) is -0.466. The standard InChI is InChI=1S/C41H69N5O8/c1-15-26(6)35(45(11)40(51)34(25(4)5)44-39(50)33(42-10)24(2)3)31(53-13)21-32(47)46-23-30(52-12)22-41(46,9)37(54-14)27(7)38(49)43-28(8)36(48)29-19-17-16-18-20-29/h16-20,24-28,30-31,33-35,37,42H,15,21-23H2,1-14H3,(H,43,49)(H,44,50)/t26?,27-,28-,30-,31-,33+,34+,35+,37-,41+/m1/s1. The Morgan fingerprint density at radius 3 is 1.96 bits per heavy atom. The maximum atomic E-state index is 14.5. The van der Waals surface area contributed by atoms with Crippen molar-refractivity contribution in [1.82, 2.24) is 25.8 Å². The molecule has 13 heteroatoms. The maximum Gasteiger partial charge on any atom is 0.245 e. The first kappa shape index (κ1) is 46.8. The molecule has 0 aromatic heterocycles. The van der Waals surface area contributed by atoms with Crippen LogP contribution < -0.4 is 16.0 Å². The summed E-state index contributed by atoms with van der Waals surface area (Å²) in [5.74, 6) is -2.32. The Hall–Kier alpha value is -3.39. The predicted octanol–water partition coefficient (Wildman–Crippen LogP) is 3.69. The van der Waals surface area contributed by atoms with E-state index in [1.807, 2.05) is 54.5 Å². The first-order valence-electron chi connectivity index (χ1n) is 19.4. The molecule has 306 valence electrons. The van der Waals surface area contributed by atoms with Crippen LogP contribution in [0, 0.1) is 23.7 Å². The molecule has 3 N–H and O–H groups in total. The number of nitrogens with zero attached hydrogens (tertiary/aromatic N) is 2. The van der Waals surface area contributed by atoms with Crippen molar-refractivity contribution in [2.45, 2.75) is 130 Å². The summed E-state index contributed by atoms with van der Waals surface area (Å²) in [5, 5.41) is 8.88. The van der Waals surface area contributed by atoms with Crippen molar-refractivity contribution in [2.75, 3.05) is 42.0 Å². The van der Waals surface area contributed by atoms with Gasteiger partial charge in [0.1, 0.15) is 6.04 Å². The van der Waals surface area contributed by atoms with E-state index in [9.17, 15) is 24.0 Å². The van der Waals surface area contributed by atoms with Crippen LogP contribution in [-0.2, 0) is 33.4 Å². The van der Waals surface area contributed by atoms with E-state index in [1.165, 1.54) is 14.2 Å². The number of Topliss-reactive ketones (excluding diaryl/α,β-unsaturated/α-hetero) is 1. The number of ether oxygens (including phenoxy) is 3. The average Bonchev–Trinajstić information content (AvgIpc) is 3.49. The van der Waals surface area contributed by atoms with Crippen LogP contribution in [0.3, 0.4) is 0 Å². The molecule has 54 heavy (non-hydrogen) atoms. The minimum Gasteiger partial charge on any atom is -0.380 e. The summed E-state index contributed by atoms with van der Waals surface area (Å²) in [6, 6.07) is 6.26. The Labute approximate surface area is 324 Å². The van der Waals surface area contributed by atoms with E-state index < -0.39 is 47.8 Å². The van der Waals surface area contributed by atoms with Gasteiger partial charge in [-0.15, -0.1) is 0 Å². The Bertz CT molecular complexity index is 1390. The van der Waals surface area contributed by atoms with Gasteiger partial charge in [0.2, 0.25) is 23.6 Å². The first-order valence-corrected chi connectivity index (χ1v) is 19.4. The Morgan fingerprint density at radius 1 is 0.889 bits per heavy atom. The van der Waals surface area contributed by atoms with Gasteiger partial charge in [0.15, 0.2) is 5.78 Å². The second-order valence-corrected chi connectivity index (χ2v) is 15.9. The highest BCUT2D eigenvalue weighted by Gasteiger charge is 2.53. The molecule has 1 aliphatic rings. The number of carbonyl (C=O) groups is 5. The van der Waals surface area contributed by atoms with Gasteiger partial charge in [-0.05, 0) is 38.6 Å². The Morgan fingerprint density at radius 2 is 1.48 bits per heavy atom. The Balaban J connectivity index is 2.38. The van der Waals surface area contributed by atoms with Crippen molar-refractivity contribution in [3.63, 3.8) is 0 Å². The van der Waals surface area contributed by atoms with E-state index in [4.69, 9.17) is 14.2 Å². The average molecular weight is 760 g/mol. The molecule has 0 bridgehead atoms. The van der Waals surface area contributed by atoms with Gasteiger partial charge in [-0.3, -0.25) is 24.0 Å². The van der Waals surface area contributed by atoms with Gasteiger partial charge in [-0.2, -0.15) is 0 Å². The molecule has 0 aliphatic carbocycles. The zero-order valence-electron chi connectivity index (χ0n) is 35.2. The summed E-state index contributed by atoms with van der Waals surface area (Å²) in [4.78, 5) is 72.0. The molecule has 0 saturated carbocycles. The smallest absolute Gasteiger partial charge is 0.245 e. The lowest BCUT2D eigenvalue weighted by Crippen LogP contribution is -2.61. The van der Waals surface area contributed by atoms with Crippen LogP contribution in [0.15, 0.2) is 30.3 Å². The van der Waals surface area contributed by atoms with Crippen molar-refractivity contribution in [3.8, 4) is 0 Å². The number of likely N-dealkylation sites (N-methyl/N-ethyl adjacent to an activating group) is 2. The van der Waals surface area contributed by atoms with E-state index in [0.29, 0.717) is 18.4 Å². The van der Waals surface area contributed by atoms with Crippen molar-refractivity contribution in [1.29, 1.82) is 0 Å². The minimum absolute atomic E-state index is 0.0175. The number of carbonyl (C=O) groups excluding carboxylic acids is 5. The lowest BCUT2D eigenvalue weighted by atomic mass is 9.82. The Kier molecular flexibility index (Phi) is 18.2. The van der Waals surface area contributed by atoms with Gasteiger partial charge >= 0.3 is 0 Å². The molecule has 2 rings (SSSR count). The van der Waals surface area contributed by atoms with Crippen LogP contribution in [0.2, 0.25) is 0 Å². The van der Waals surface area contributed by atoms with Crippen molar-refractivity contribution in [2.24, 2.45) is 23.7 Å². The van der Waals surface area contributed by atoms with Crippen molar-refractivity contribution < 1.29 is 38.2 Å². The van der Waals surface area contributed by atoms with Crippen LogP contribution in [0.4, 0.5) is 0 Å². The molecule has 4 amide bonds. The molecule has 1 aliphatic heterocycles. The molecular formula is C41H69N5O8. The number of hydrogen-bond acceptors (Lipinski definition) is 9.